The second-order valence-corrected chi connectivity index (χ2v) is 7.61. The van der Waals surface area contributed by atoms with Crippen LogP contribution in [0.5, 0.6) is 0 Å². The van der Waals surface area contributed by atoms with Crippen LogP contribution in [0.15, 0.2) is 24.3 Å². The zero-order chi connectivity index (χ0) is 19.2. The van der Waals surface area contributed by atoms with Crippen molar-refractivity contribution in [2.75, 3.05) is 12.8 Å². The molecule has 2 rings (SSSR count). The van der Waals surface area contributed by atoms with E-state index in [9.17, 15) is 18.9 Å². The number of amides is 2. The van der Waals surface area contributed by atoms with Crippen molar-refractivity contribution in [2.24, 2.45) is 0 Å². The molecule has 2 amide bonds. The fourth-order valence-electron chi connectivity index (χ4n) is 2.27. The number of hydrogen-bond donors (Lipinski definition) is 2. The Hall–Kier alpha value is -2.06. The lowest BCUT2D eigenvalue weighted by Gasteiger charge is -2.12. The molecule has 0 radical (unpaired) electrons. The maximum Gasteiger partial charge on any atom is 0.337 e. The fourth-order valence-corrected chi connectivity index (χ4v) is 2.82. The summed E-state index contributed by atoms with van der Waals surface area (Å²) in [5.74, 6) is -1.74. The Morgan fingerprint density at radius 3 is 2.23 bits per heavy atom. The Morgan fingerprint density at radius 1 is 1.08 bits per heavy atom. The van der Waals surface area contributed by atoms with E-state index in [2.05, 4.69) is 0 Å². The van der Waals surface area contributed by atoms with Crippen LogP contribution in [0, 0.1) is 0 Å². The van der Waals surface area contributed by atoms with Gasteiger partial charge in [0.15, 0.2) is 0 Å². The normalized spacial score (nSPS) is 14.8. The zero-order valence-corrected chi connectivity index (χ0v) is 14.9. The molecule has 0 unspecified atom stereocenters. The minimum absolute atomic E-state index is 0.0506. The van der Waals surface area contributed by atoms with Crippen LogP contribution in [-0.4, -0.2) is 45.4 Å². The maximum absolute atomic E-state index is 11.8. The van der Waals surface area contributed by atoms with E-state index in [-0.39, 0.29) is 45.1 Å². The van der Waals surface area contributed by atoms with Crippen molar-refractivity contribution in [1.29, 1.82) is 0 Å². The van der Waals surface area contributed by atoms with Gasteiger partial charge in [0.2, 0.25) is 0 Å². The molecule has 1 saturated heterocycles. The van der Waals surface area contributed by atoms with Gasteiger partial charge in [-0.05, 0) is 17.5 Å². The Morgan fingerprint density at radius 2 is 1.65 bits per heavy atom. The van der Waals surface area contributed by atoms with Gasteiger partial charge in [-0.25, -0.2) is 4.79 Å². The minimum atomic E-state index is -3.99. The Kier molecular flexibility index (Phi) is 7.05. The molecule has 142 valence electrons. The molecular formula is C16H20NO8P. The van der Waals surface area contributed by atoms with E-state index < -0.39 is 25.4 Å². The third-order valence-corrected chi connectivity index (χ3v) is 4.48. The number of rotatable bonds is 9. The number of carbonyl (C=O) groups is 3. The highest BCUT2D eigenvalue weighted by Crippen LogP contribution is 2.34. The van der Waals surface area contributed by atoms with E-state index in [4.69, 9.17) is 19.4 Å². The molecule has 0 aliphatic carbocycles. The van der Waals surface area contributed by atoms with Gasteiger partial charge in [0, 0.05) is 19.4 Å². The molecular weight excluding hydrogens is 365 g/mol. The van der Waals surface area contributed by atoms with Crippen LogP contribution < -0.4 is 0 Å². The highest BCUT2D eigenvalue weighted by molar-refractivity contribution is 7.51. The van der Waals surface area contributed by atoms with Crippen molar-refractivity contribution in [3.63, 3.8) is 0 Å². The van der Waals surface area contributed by atoms with Crippen LogP contribution >= 0.6 is 7.60 Å². The van der Waals surface area contributed by atoms with Crippen LogP contribution in [-0.2, 0) is 41.6 Å². The Balaban J connectivity index is 1.73. The molecule has 0 atom stereocenters. The summed E-state index contributed by atoms with van der Waals surface area (Å²) in [5, 5.41) is 0.516. The standard InChI is InChI=1S/C16H20NO8P/c18-14-6-7-15(19)17(14)25-16(20)10-12-2-4-13(5-3-12)11-24-8-1-9-26(21,22)23/h2-5H,1,6-11H2,(H2,21,22,23). The average molecular weight is 385 g/mol. The maximum atomic E-state index is 11.8. The van der Waals surface area contributed by atoms with Crippen LogP contribution in [0.3, 0.4) is 0 Å². The lowest BCUT2D eigenvalue weighted by Crippen LogP contribution is -2.32. The van der Waals surface area contributed by atoms with Crippen molar-refractivity contribution in [1.82, 2.24) is 5.06 Å². The number of hydrogen-bond acceptors (Lipinski definition) is 6. The van der Waals surface area contributed by atoms with E-state index in [0.29, 0.717) is 10.6 Å². The Labute approximate surface area is 150 Å². The number of benzene rings is 1. The summed E-state index contributed by atoms with van der Waals surface area (Å²) in [5.41, 5.74) is 1.49. The predicted octanol–water partition coefficient (Wildman–Crippen LogP) is 0.921. The van der Waals surface area contributed by atoms with Gasteiger partial charge >= 0.3 is 13.6 Å². The molecule has 0 spiro atoms. The van der Waals surface area contributed by atoms with Crippen LogP contribution in [0.1, 0.15) is 30.4 Å². The Bertz CT molecular complexity index is 695. The minimum Gasteiger partial charge on any atom is -0.377 e. The van der Waals surface area contributed by atoms with Gasteiger partial charge in [0.1, 0.15) is 0 Å². The summed E-state index contributed by atoms with van der Waals surface area (Å²) >= 11 is 0. The topological polar surface area (TPSA) is 130 Å². The van der Waals surface area contributed by atoms with Gasteiger partial charge in [-0.15, -0.1) is 5.06 Å². The highest BCUT2D eigenvalue weighted by Gasteiger charge is 2.32. The lowest BCUT2D eigenvalue weighted by molar-refractivity contribution is -0.197. The SMILES string of the molecule is O=C(Cc1ccc(COCCCP(=O)(O)O)cc1)ON1C(=O)CCC1=O. The van der Waals surface area contributed by atoms with Crippen molar-refractivity contribution in [3.8, 4) is 0 Å². The van der Waals surface area contributed by atoms with Crippen molar-refractivity contribution < 1.29 is 38.3 Å². The molecule has 1 aliphatic heterocycles. The van der Waals surface area contributed by atoms with Gasteiger partial charge < -0.3 is 19.4 Å². The van der Waals surface area contributed by atoms with Gasteiger partial charge in [-0.1, -0.05) is 24.3 Å². The van der Waals surface area contributed by atoms with E-state index in [1.807, 2.05) is 0 Å². The first-order chi connectivity index (χ1) is 12.2. The number of hydroxylamine groups is 2. The summed E-state index contributed by atoms with van der Waals surface area (Å²) in [7, 11) is -3.99. The van der Waals surface area contributed by atoms with Crippen LogP contribution in [0.25, 0.3) is 0 Å². The van der Waals surface area contributed by atoms with Gasteiger partial charge in [0.05, 0.1) is 19.2 Å². The van der Waals surface area contributed by atoms with Gasteiger partial charge in [-0.2, -0.15) is 0 Å². The molecule has 10 heteroatoms. The first-order valence-corrected chi connectivity index (χ1v) is 9.81. The summed E-state index contributed by atoms with van der Waals surface area (Å²) in [6.45, 7) is 0.514. The molecule has 26 heavy (non-hydrogen) atoms. The van der Waals surface area contributed by atoms with Crippen molar-refractivity contribution >= 4 is 25.4 Å². The quantitative estimate of drug-likeness (QED) is 0.365. The summed E-state index contributed by atoms with van der Waals surface area (Å²) in [6.07, 6.45) is 0.0721. The second-order valence-electron chi connectivity index (χ2n) is 5.83. The summed E-state index contributed by atoms with van der Waals surface area (Å²) in [6, 6.07) is 6.89. The monoisotopic (exact) mass is 385 g/mol. The number of ether oxygens (including phenoxy) is 1. The predicted molar refractivity (Wildman–Crippen MR) is 88.5 cm³/mol. The molecule has 1 aliphatic rings. The van der Waals surface area contributed by atoms with Gasteiger partial charge in [0.25, 0.3) is 11.8 Å². The molecule has 0 saturated carbocycles. The summed E-state index contributed by atoms with van der Waals surface area (Å²) < 4.78 is 16.0. The molecule has 1 heterocycles. The van der Waals surface area contributed by atoms with Crippen molar-refractivity contribution in [2.45, 2.75) is 32.3 Å². The van der Waals surface area contributed by atoms with E-state index in [0.717, 1.165) is 5.56 Å². The molecule has 1 aromatic rings. The van der Waals surface area contributed by atoms with Crippen molar-refractivity contribution in [3.05, 3.63) is 35.4 Å². The summed E-state index contributed by atoms with van der Waals surface area (Å²) in [4.78, 5) is 56.9. The number of carbonyl (C=O) groups excluding carboxylic acids is 3. The lowest BCUT2D eigenvalue weighted by atomic mass is 10.1. The average Bonchev–Trinajstić information content (AvgIpc) is 2.87. The van der Waals surface area contributed by atoms with Gasteiger partial charge in [-0.3, -0.25) is 14.2 Å². The second kappa shape index (κ2) is 9.05. The van der Waals surface area contributed by atoms with Crippen LogP contribution in [0.4, 0.5) is 0 Å². The van der Waals surface area contributed by atoms with E-state index in [1.165, 1.54) is 0 Å². The first kappa shape index (κ1) is 20.3. The zero-order valence-electron chi connectivity index (χ0n) is 14.0. The van der Waals surface area contributed by atoms with E-state index >= 15 is 0 Å². The smallest absolute Gasteiger partial charge is 0.337 e. The first-order valence-electron chi connectivity index (χ1n) is 8.01. The molecule has 1 aromatic carbocycles. The molecule has 1 fully saturated rings. The van der Waals surface area contributed by atoms with E-state index in [1.54, 1.807) is 24.3 Å². The fraction of sp³-hybridized carbons (Fsp3) is 0.438. The molecule has 0 bridgehead atoms. The molecule has 0 aromatic heterocycles. The largest absolute Gasteiger partial charge is 0.377 e. The highest BCUT2D eigenvalue weighted by atomic mass is 31.2. The molecule has 9 nitrogen and oxygen atoms in total. The van der Waals surface area contributed by atoms with Crippen LogP contribution in [0.2, 0.25) is 0 Å². The number of nitrogens with zero attached hydrogens (tertiary/aromatic N) is 1. The molecule has 2 N–H and O–H groups in total. The third kappa shape index (κ3) is 6.68. The third-order valence-electron chi connectivity index (χ3n) is 3.58. The number of imide groups is 1.